The molecule has 0 N–H and O–H groups in total. The van der Waals surface area contributed by atoms with Crippen molar-refractivity contribution < 1.29 is 4.79 Å². The third kappa shape index (κ3) is 2.28. The van der Waals surface area contributed by atoms with Crippen LogP contribution in [0.1, 0.15) is 40.5 Å². The van der Waals surface area contributed by atoms with Gasteiger partial charge in [-0.05, 0) is 31.1 Å². The highest BCUT2D eigenvalue weighted by atomic mass is 16.2. The largest absolute Gasteiger partial charge is 0.273 e. The van der Waals surface area contributed by atoms with Crippen molar-refractivity contribution in [1.82, 2.24) is 5.01 Å². The quantitative estimate of drug-likeness (QED) is 0.642. The summed E-state index contributed by atoms with van der Waals surface area (Å²) in [5.41, 5.74) is 1.48. The Labute approximate surface area is 104 Å². The smallest absolute Gasteiger partial charge is 0.239 e. The van der Waals surface area contributed by atoms with Gasteiger partial charge < -0.3 is 0 Å². The monoisotopic (exact) mass is 234 g/mol. The first-order valence-electron chi connectivity index (χ1n) is 6.50. The van der Waals surface area contributed by atoms with Crippen LogP contribution in [-0.2, 0) is 4.79 Å². The van der Waals surface area contributed by atoms with E-state index in [2.05, 4.69) is 31.9 Å². The molecule has 94 valence electrons. The molecule has 3 heteroatoms. The Balaban J connectivity index is 2.20. The minimum absolute atomic E-state index is 0.0643. The molecular weight excluding hydrogens is 212 g/mol. The number of hydrogen-bond donors (Lipinski definition) is 0. The number of carbonyl (C=O) groups is 1. The molecule has 1 aliphatic carbocycles. The predicted molar refractivity (Wildman–Crippen MR) is 69.6 cm³/mol. The Kier molecular flexibility index (Phi) is 3.36. The molecule has 0 radical (unpaired) electrons. The highest BCUT2D eigenvalue weighted by molar-refractivity contribution is 5.77. The van der Waals surface area contributed by atoms with Crippen LogP contribution in [-0.4, -0.2) is 23.2 Å². The first-order valence-corrected chi connectivity index (χ1v) is 6.50. The summed E-state index contributed by atoms with van der Waals surface area (Å²) in [5.74, 6) is 1.76. The van der Waals surface area contributed by atoms with E-state index in [1.54, 1.807) is 11.9 Å². The molecule has 2 rings (SSSR count). The van der Waals surface area contributed by atoms with E-state index in [4.69, 9.17) is 0 Å². The van der Waals surface area contributed by atoms with Gasteiger partial charge in [0.15, 0.2) is 0 Å². The van der Waals surface area contributed by atoms with Crippen LogP contribution in [0.2, 0.25) is 0 Å². The summed E-state index contributed by atoms with van der Waals surface area (Å²) >= 11 is 0. The van der Waals surface area contributed by atoms with E-state index < -0.39 is 0 Å². The molecule has 0 saturated heterocycles. The standard InChI is InChI=1S/C14H22N2O/c1-9-7-10(2)14(11(3)8-9)13-5-6-15-16(13)12(4)17/h6-7,10-11,13-14H,5,8H2,1-4H3/t10-,11+,13-,14+/m0/s1. The second-order valence-electron chi connectivity index (χ2n) is 5.60. The van der Waals surface area contributed by atoms with Crippen LogP contribution in [0.15, 0.2) is 16.8 Å². The molecule has 0 aromatic rings. The second kappa shape index (κ2) is 4.63. The van der Waals surface area contributed by atoms with Crippen molar-refractivity contribution in [2.75, 3.05) is 0 Å². The molecule has 2 aliphatic rings. The van der Waals surface area contributed by atoms with Crippen LogP contribution in [0.4, 0.5) is 0 Å². The van der Waals surface area contributed by atoms with Gasteiger partial charge in [-0.1, -0.05) is 25.5 Å². The lowest BCUT2D eigenvalue weighted by Gasteiger charge is -2.39. The number of hydrazone groups is 1. The Morgan fingerprint density at radius 3 is 2.76 bits per heavy atom. The summed E-state index contributed by atoms with van der Waals surface area (Å²) in [6.07, 6.45) is 6.31. The average Bonchev–Trinajstić information content (AvgIpc) is 2.64. The number of carbonyl (C=O) groups excluding carboxylic acids is 1. The summed E-state index contributed by atoms with van der Waals surface area (Å²) in [5, 5.41) is 5.90. The van der Waals surface area contributed by atoms with Crippen molar-refractivity contribution in [2.45, 2.75) is 46.6 Å². The number of nitrogens with zero attached hydrogens (tertiary/aromatic N) is 2. The van der Waals surface area contributed by atoms with Crippen LogP contribution in [0.5, 0.6) is 0 Å². The zero-order valence-corrected chi connectivity index (χ0v) is 11.2. The third-order valence-corrected chi connectivity index (χ3v) is 4.09. The van der Waals surface area contributed by atoms with Crippen molar-refractivity contribution in [3.05, 3.63) is 11.6 Å². The maximum absolute atomic E-state index is 11.6. The summed E-state index contributed by atoms with van der Waals surface area (Å²) in [6, 6.07) is 0.266. The van der Waals surface area contributed by atoms with Crippen molar-refractivity contribution in [1.29, 1.82) is 0 Å². The van der Waals surface area contributed by atoms with E-state index in [1.165, 1.54) is 5.57 Å². The maximum atomic E-state index is 11.6. The lowest BCUT2D eigenvalue weighted by Crippen LogP contribution is -2.43. The topological polar surface area (TPSA) is 32.7 Å². The van der Waals surface area contributed by atoms with Crippen molar-refractivity contribution in [3.8, 4) is 0 Å². The molecule has 1 amide bonds. The number of amides is 1. The minimum atomic E-state index is 0.0643. The van der Waals surface area contributed by atoms with Gasteiger partial charge in [0.25, 0.3) is 0 Å². The lowest BCUT2D eigenvalue weighted by atomic mass is 9.70. The highest BCUT2D eigenvalue weighted by Gasteiger charge is 2.39. The molecule has 0 fully saturated rings. The number of rotatable bonds is 1. The minimum Gasteiger partial charge on any atom is -0.273 e. The lowest BCUT2D eigenvalue weighted by molar-refractivity contribution is -0.132. The summed E-state index contributed by atoms with van der Waals surface area (Å²) in [7, 11) is 0. The van der Waals surface area contributed by atoms with Crippen LogP contribution < -0.4 is 0 Å². The van der Waals surface area contributed by atoms with Crippen LogP contribution in [0.25, 0.3) is 0 Å². The Morgan fingerprint density at radius 2 is 2.18 bits per heavy atom. The fraction of sp³-hybridized carbons (Fsp3) is 0.714. The first kappa shape index (κ1) is 12.3. The van der Waals surface area contributed by atoms with Gasteiger partial charge >= 0.3 is 0 Å². The Hall–Kier alpha value is -1.12. The van der Waals surface area contributed by atoms with Crippen LogP contribution in [0.3, 0.4) is 0 Å². The highest BCUT2D eigenvalue weighted by Crippen LogP contribution is 2.39. The normalized spacial score (nSPS) is 37.2. The molecule has 3 nitrogen and oxygen atoms in total. The van der Waals surface area contributed by atoms with Gasteiger partial charge in [-0.3, -0.25) is 4.79 Å². The van der Waals surface area contributed by atoms with Gasteiger partial charge in [-0.25, -0.2) is 5.01 Å². The van der Waals surface area contributed by atoms with Gasteiger partial charge in [0, 0.05) is 19.6 Å². The van der Waals surface area contributed by atoms with E-state index in [0.29, 0.717) is 17.8 Å². The molecule has 0 unspecified atom stereocenters. The Bertz CT molecular complexity index is 372. The van der Waals surface area contributed by atoms with Gasteiger partial charge in [-0.15, -0.1) is 0 Å². The van der Waals surface area contributed by atoms with E-state index in [1.807, 2.05) is 6.21 Å². The summed E-state index contributed by atoms with van der Waals surface area (Å²) in [6.45, 7) is 8.38. The van der Waals surface area contributed by atoms with E-state index >= 15 is 0 Å². The summed E-state index contributed by atoms with van der Waals surface area (Å²) in [4.78, 5) is 11.6. The molecular formula is C14H22N2O. The molecule has 0 bridgehead atoms. The zero-order chi connectivity index (χ0) is 12.6. The van der Waals surface area contributed by atoms with Crippen LogP contribution >= 0.6 is 0 Å². The molecule has 17 heavy (non-hydrogen) atoms. The van der Waals surface area contributed by atoms with Crippen LogP contribution in [0, 0.1) is 17.8 Å². The van der Waals surface area contributed by atoms with Crippen molar-refractivity contribution in [3.63, 3.8) is 0 Å². The van der Waals surface area contributed by atoms with Crippen molar-refractivity contribution >= 4 is 12.1 Å². The molecule has 0 spiro atoms. The maximum Gasteiger partial charge on any atom is 0.239 e. The fourth-order valence-electron chi connectivity index (χ4n) is 3.58. The molecule has 4 atom stereocenters. The SMILES string of the molecule is CC(=O)N1N=CC[C@H]1[C@H]1[C@H](C)CC(C)=C[C@@H]1C. The molecule has 0 aromatic carbocycles. The Morgan fingerprint density at radius 1 is 1.47 bits per heavy atom. The zero-order valence-electron chi connectivity index (χ0n) is 11.2. The number of allylic oxidation sites excluding steroid dienone is 2. The predicted octanol–water partition coefficient (Wildman–Crippen LogP) is 2.83. The number of hydrogen-bond acceptors (Lipinski definition) is 2. The van der Waals surface area contributed by atoms with Crippen molar-refractivity contribution in [2.24, 2.45) is 22.9 Å². The van der Waals surface area contributed by atoms with Gasteiger partial charge in [-0.2, -0.15) is 5.10 Å². The molecule has 0 aromatic heterocycles. The van der Waals surface area contributed by atoms with E-state index in [9.17, 15) is 4.79 Å². The van der Waals surface area contributed by atoms with E-state index in [0.717, 1.165) is 12.8 Å². The first-order chi connectivity index (χ1) is 8.00. The molecule has 0 saturated carbocycles. The van der Waals surface area contributed by atoms with Gasteiger partial charge in [0.05, 0.1) is 6.04 Å². The van der Waals surface area contributed by atoms with Gasteiger partial charge in [0.1, 0.15) is 0 Å². The third-order valence-electron chi connectivity index (χ3n) is 4.09. The molecule has 1 aliphatic heterocycles. The van der Waals surface area contributed by atoms with E-state index in [-0.39, 0.29) is 11.9 Å². The summed E-state index contributed by atoms with van der Waals surface area (Å²) < 4.78 is 0. The molecule has 1 heterocycles. The van der Waals surface area contributed by atoms with Gasteiger partial charge in [0.2, 0.25) is 5.91 Å². The fourth-order valence-corrected chi connectivity index (χ4v) is 3.58. The average molecular weight is 234 g/mol. The second-order valence-corrected chi connectivity index (χ2v) is 5.60.